The molecule has 1 aliphatic carbocycles. The molecule has 15 heavy (non-hydrogen) atoms. The van der Waals surface area contributed by atoms with Gasteiger partial charge >= 0.3 is 11.9 Å². The van der Waals surface area contributed by atoms with Crippen molar-refractivity contribution in [2.45, 2.75) is 45.3 Å². The molecule has 0 spiro atoms. The normalized spacial score (nSPS) is 25.9. The summed E-state index contributed by atoms with van der Waals surface area (Å²) in [6, 6.07) is 0. The summed E-state index contributed by atoms with van der Waals surface area (Å²) in [5.41, 5.74) is 0. The summed E-state index contributed by atoms with van der Waals surface area (Å²) in [5.74, 6) is -0.883. The molecule has 0 saturated heterocycles. The maximum atomic E-state index is 11.3. The van der Waals surface area contributed by atoms with Crippen LogP contribution in [0, 0.1) is 0 Å². The van der Waals surface area contributed by atoms with Gasteiger partial charge in [-0.1, -0.05) is 0 Å². The molecule has 0 heterocycles. The van der Waals surface area contributed by atoms with Gasteiger partial charge in [-0.2, -0.15) is 0 Å². The lowest BCUT2D eigenvalue weighted by atomic mass is 9.93. The van der Waals surface area contributed by atoms with Gasteiger partial charge in [-0.05, 0) is 0 Å². The van der Waals surface area contributed by atoms with Crippen LogP contribution in [0.3, 0.4) is 0 Å². The lowest BCUT2D eigenvalue weighted by Crippen LogP contribution is -2.35. The third kappa shape index (κ3) is 4.10. The van der Waals surface area contributed by atoms with Crippen molar-refractivity contribution in [3.8, 4) is 0 Å². The third-order valence-electron chi connectivity index (χ3n) is 2.10. The van der Waals surface area contributed by atoms with Gasteiger partial charge in [0.2, 0.25) is 0 Å². The number of ether oxygens (including phenoxy) is 2. The molecule has 0 aromatic heterocycles. The zero-order chi connectivity index (χ0) is 11.4. The van der Waals surface area contributed by atoms with Crippen molar-refractivity contribution in [1.29, 1.82) is 0 Å². The van der Waals surface area contributed by atoms with Crippen molar-refractivity contribution in [1.82, 2.24) is 0 Å². The number of esters is 2. The van der Waals surface area contributed by atoms with Crippen molar-refractivity contribution < 1.29 is 23.9 Å². The molecule has 1 fully saturated rings. The van der Waals surface area contributed by atoms with Gasteiger partial charge in [-0.25, -0.2) is 0 Å². The Morgan fingerprint density at radius 2 is 1.47 bits per heavy atom. The molecule has 0 N–H and O–H groups in total. The molecule has 2 atom stereocenters. The molecular weight excluding hydrogens is 200 g/mol. The maximum absolute atomic E-state index is 11.3. The molecule has 0 radical (unpaired) electrons. The molecule has 0 unspecified atom stereocenters. The minimum Gasteiger partial charge on any atom is -0.462 e. The van der Waals surface area contributed by atoms with E-state index in [0.29, 0.717) is 6.42 Å². The summed E-state index contributed by atoms with van der Waals surface area (Å²) in [5, 5.41) is 0. The zero-order valence-corrected chi connectivity index (χ0v) is 8.82. The molecule has 0 bridgehead atoms. The van der Waals surface area contributed by atoms with Crippen molar-refractivity contribution in [2.24, 2.45) is 0 Å². The van der Waals surface area contributed by atoms with Crippen LogP contribution >= 0.6 is 0 Å². The van der Waals surface area contributed by atoms with E-state index in [1.54, 1.807) is 0 Å². The Bertz CT molecular complexity index is 254. The quantitative estimate of drug-likeness (QED) is 0.629. The summed E-state index contributed by atoms with van der Waals surface area (Å²) in [6.45, 7) is 2.58. The average Bonchev–Trinajstić information content (AvgIpc) is 1.98. The van der Waals surface area contributed by atoms with Crippen LogP contribution in [0.25, 0.3) is 0 Å². The van der Waals surface area contributed by atoms with Gasteiger partial charge in [-0.15, -0.1) is 0 Å². The number of carbonyl (C=O) groups is 3. The third-order valence-corrected chi connectivity index (χ3v) is 2.10. The first kappa shape index (κ1) is 11.7. The Hall–Kier alpha value is -1.39. The summed E-state index contributed by atoms with van der Waals surface area (Å²) >= 11 is 0. The monoisotopic (exact) mass is 214 g/mol. The number of hydrogen-bond acceptors (Lipinski definition) is 5. The highest BCUT2D eigenvalue weighted by molar-refractivity contribution is 5.81. The molecule has 5 nitrogen and oxygen atoms in total. The Balaban J connectivity index is 2.51. The van der Waals surface area contributed by atoms with Crippen LogP contribution in [-0.2, 0) is 23.9 Å². The molecule has 1 saturated carbocycles. The highest BCUT2D eigenvalue weighted by Gasteiger charge is 2.30. The van der Waals surface area contributed by atoms with E-state index in [9.17, 15) is 14.4 Å². The van der Waals surface area contributed by atoms with Crippen LogP contribution in [0.5, 0.6) is 0 Å². The van der Waals surface area contributed by atoms with Gasteiger partial charge in [0.1, 0.15) is 18.0 Å². The molecule has 84 valence electrons. The summed E-state index contributed by atoms with van der Waals surface area (Å²) < 4.78 is 9.84. The fraction of sp³-hybridized carbons (Fsp3) is 0.700. The van der Waals surface area contributed by atoms with E-state index in [1.165, 1.54) is 13.8 Å². The predicted octanol–water partition coefficient (Wildman–Crippen LogP) is 0.603. The fourth-order valence-corrected chi connectivity index (χ4v) is 1.70. The average molecular weight is 214 g/mol. The summed E-state index contributed by atoms with van der Waals surface area (Å²) in [4.78, 5) is 32.7. The van der Waals surface area contributed by atoms with Crippen molar-refractivity contribution in [3.63, 3.8) is 0 Å². The topological polar surface area (TPSA) is 69.7 Å². The molecule has 0 aromatic carbocycles. The number of rotatable bonds is 2. The lowest BCUT2D eigenvalue weighted by molar-refractivity contribution is -0.158. The van der Waals surface area contributed by atoms with Crippen molar-refractivity contribution in [3.05, 3.63) is 0 Å². The van der Waals surface area contributed by atoms with Crippen LogP contribution in [0.1, 0.15) is 33.1 Å². The van der Waals surface area contributed by atoms with Crippen LogP contribution < -0.4 is 0 Å². The zero-order valence-electron chi connectivity index (χ0n) is 8.82. The van der Waals surface area contributed by atoms with Gasteiger partial charge < -0.3 is 9.47 Å². The number of carbonyl (C=O) groups excluding carboxylic acids is 3. The van der Waals surface area contributed by atoms with Crippen molar-refractivity contribution in [2.75, 3.05) is 0 Å². The van der Waals surface area contributed by atoms with Crippen LogP contribution in [-0.4, -0.2) is 29.9 Å². The van der Waals surface area contributed by atoms with E-state index >= 15 is 0 Å². The molecule has 1 rings (SSSR count). The largest absolute Gasteiger partial charge is 0.462 e. The van der Waals surface area contributed by atoms with Crippen LogP contribution in [0.4, 0.5) is 0 Å². The Morgan fingerprint density at radius 1 is 1.07 bits per heavy atom. The van der Waals surface area contributed by atoms with Crippen molar-refractivity contribution >= 4 is 17.7 Å². The van der Waals surface area contributed by atoms with Gasteiger partial charge in [-0.3, -0.25) is 14.4 Å². The SMILES string of the molecule is CC(=O)O[C@@H]1CC(=O)C[C@@H](OC(C)=O)C1. The Kier molecular flexibility index (Phi) is 3.82. The van der Waals surface area contributed by atoms with E-state index in [1.807, 2.05) is 0 Å². The summed E-state index contributed by atoms with van der Waals surface area (Å²) in [6.07, 6.45) is -0.0549. The molecular formula is C10H14O5. The first-order valence-corrected chi connectivity index (χ1v) is 4.83. The minimum atomic E-state index is -0.451. The van der Waals surface area contributed by atoms with E-state index in [2.05, 4.69) is 0 Å². The first-order chi connectivity index (χ1) is 6.97. The second-order valence-electron chi connectivity index (χ2n) is 3.65. The molecule has 1 aliphatic rings. The number of hydrogen-bond donors (Lipinski definition) is 0. The van der Waals surface area contributed by atoms with E-state index in [0.717, 1.165) is 0 Å². The predicted molar refractivity (Wildman–Crippen MR) is 50.0 cm³/mol. The lowest BCUT2D eigenvalue weighted by Gasteiger charge is -2.27. The van der Waals surface area contributed by atoms with Gasteiger partial charge in [0.05, 0.1) is 0 Å². The van der Waals surface area contributed by atoms with Gasteiger partial charge in [0.15, 0.2) is 0 Å². The van der Waals surface area contributed by atoms with Crippen LogP contribution in [0.15, 0.2) is 0 Å². The number of Topliss-reactive ketones (excluding diaryl/α,β-unsaturated/α-hetero) is 1. The molecule has 0 amide bonds. The second-order valence-corrected chi connectivity index (χ2v) is 3.65. The molecule has 5 heteroatoms. The maximum Gasteiger partial charge on any atom is 0.302 e. The van der Waals surface area contributed by atoms with E-state index in [-0.39, 0.29) is 18.6 Å². The van der Waals surface area contributed by atoms with E-state index in [4.69, 9.17) is 9.47 Å². The first-order valence-electron chi connectivity index (χ1n) is 4.83. The Morgan fingerprint density at radius 3 is 1.80 bits per heavy atom. The second kappa shape index (κ2) is 4.91. The Labute approximate surface area is 87.7 Å². The van der Waals surface area contributed by atoms with Gasteiger partial charge in [0, 0.05) is 33.1 Å². The van der Waals surface area contributed by atoms with Crippen LogP contribution in [0.2, 0.25) is 0 Å². The highest BCUT2D eigenvalue weighted by atomic mass is 16.6. The minimum absolute atomic E-state index is 0.0428. The highest BCUT2D eigenvalue weighted by Crippen LogP contribution is 2.21. The van der Waals surface area contributed by atoms with Gasteiger partial charge in [0.25, 0.3) is 0 Å². The summed E-state index contributed by atoms with van der Waals surface area (Å²) in [7, 11) is 0. The standard InChI is InChI=1S/C10H14O5/c1-6(11)14-9-3-8(13)4-10(5-9)15-7(2)12/h9-10H,3-5H2,1-2H3/t9-,10-/m1/s1. The molecule has 0 aliphatic heterocycles. The molecule has 0 aromatic rings. The smallest absolute Gasteiger partial charge is 0.302 e. The fourth-order valence-electron chi connectivity index (χ4n) is 1.70. The van der Waals surface area contributed by atoms with E-state index < -0.39 is 24.1 Å². The number of ketones is 1.